The number of sulfone groups is 1. The summed E-state index contributed by atoms with van der Waals surface area (Å²) in [6, 6.07) is 9.95. The Morgan fingerprint density at radius 1 is 1.05 bits per heavy atom. The zero-order valence-corrected chi connectivity index (χ0v) is 25.4. The van der Waals surface area contributed by atoms with Crippen molar-refractivity contribution in [2.24, 2.45) is 0 Å². The quantitative estimate of drug-likeness (QED) is 0.315. The SMILES string of the molecule is CC(C)Oc1cc(N2CCC(N(C)C)CC2)ccc1Nc1ncc(Cl)c(Nc2cccnc2S(=O)(=O)C(C)C)n1. The number of piperidine rings is 1. The predicted octanol–water partition coefficient (Wildman–Crippen LogP) is 5.51. The molecule has 3 heterocycles. The number of nitrogens with one attached hydrogen (secondary N) is 2. The number of pyridine rings is 1. The third-order valence-electron chi connectivity index (χ3n) is 6.79. The van der Waals surface area contributed by atoms with Gasteiger partial charge in [0.25, 0.3) is 0 Å². The zero-order chi connectivity index (χ0) is 29.0. The summed E-state index contributed by atoms with van der Waals surface area (Å²) < 4.78 is 31.9. The average molecular weight is 588 g/mol. The Balaban J connectivity index is 1.59. The van der Waals surface area contributed by atoms with Crippen molar-refractivity contribution < 1.29 is 13.2 Å². The van der Waals surface area contributed by atoms with Gasteiger partial charge in [0.2, 0.25) is 5.95 Å². The molecule has 1 fully saturated rings. The summed E-state index contributed by atoms with van der Waals surface area (Å²) in [5.41, 5.74) is 2.10. The van der Waals surface area contributed by atoms with Crippen molar-refractivity contribution in [3.63, 3.8) is 0 Å². The van der Waals surface area contributed by atoms with E-state index >= 15 is 0 Å². The number of nitrogens with zero attached hydrogens (tertiary/aromatic N) is 5. The van der Waals surface area contributed by atoms with Crippen LogP contribution in [0, 0.1) is 0 Å². The molecule has 2 N–H and O–H groups in total. The molecule has 0 unspecified atom stereocenters. The number of halogens is 1. The molecule has 0 aliphatic carbocycles. The van der Waals surface area contributed by atoms with E-state index in [1.54, 1.807) is 26.0 Å². The lowest BCUT2D eigenvalue weighted by molar-refractivity contribution is 0.243. The second-order valence-electron chi connectivity index (χ2n) is 10.6. The monoisotopic (exact) mass is 587 g/mol. The van der Waals surface area contributed by atoms with E-state index in [0.29, 0.717) is 17.5 Å². The van der Waals surface area contributed by atoms with Crippen LogP contribution in [0.4, 0.5) is 28.8 Å². The number of benzene rings is 1. The van der Waals surface area contributed by atoms with Gasteiger partial charge in [-0.3, -0.25) is 0 Å². The molecule has 0 radical (unpaired) electrons. The van der Waals surface area contributed by atoms with Gasteiger partial charge in [-0.05, 0) is 78.9 Å². The van der Waals surface area contributed by atoms with E-state index < -0.39 is 15.1 Å². The second-order valence-corrected chi connectivity index (χ2v) is 13.4. The molecule has 3 aromatic rings. The van der Waals surface area contributed by atoms with Crippen molar-refractivity contribution >= 4 is 50.3 Å². The van der Waals surface area contributed by atoms with E-state index in [9.17, 15) is 8.42 Å². The maximum atomic E-state index is 12.8. The van der Waals surface area contributed by atoms with Gasteiger partial charge in [0.1, 0.15) is 10.8 Å². The van der Waals surface area contributed by atoms with Crippen molar-refractivity contribution in [2.75, 3.05) is 42.7 Å². The van der Waals surface area contributed by atoms with Crippen LogP contribution in [-0.4, -0.2) is 72.9 Å². The number of hydrogen-bond acceptors (Lipinski definition) is 10. The molecular weight excluding hydrogens is 550 g/mol. The Hall–Kier alpha value is -3.15. The van der Waals surface area contributed by atoms with E-state index in [1.807, 2.05) is 26.0 Å². The standard InChI is InChI=1S/C28H38ClN7O3S/c1-18(2)39-25-16-21(36-14-11-20(12-15-36)35(5)6)9-10-23(25)33-28-31-17-22(29)26(34-28)32-24-8-7-13-30-27(24)40(37,38)19(3)4/h7-10,13,16-20H,11-12,14-15H2,1-6H3,(H2,31,32,33,34). The van der Waals surface area contributed by atoms with Gasteiger partial charge < -0.3 is 25.2 Å². The molecule has 12 heteroatoms. The number of aromatic nitrogens is 3. The Morgan fingerprint density at radius 2 is 1.77 bits per heavy atom. The molecule has 0 saturated carbocycles. The summed E-state index contributed by atoms with van der Waals surface area (Å²) in [5.74, 6) is 1.21. The molecule has 1 aliphatic rings. The highest BCUT2D eigenvalue weighted by atomic mass is 35.5. The molecule has 40 heavy (non-hydrogen) atoms. The largest absolute Gasteiger partial charge is 0.489 e. The first kappa shape index (κ1) is 29.8. The fourth-order valence-electron chi connectivity index (χ4n) is 4.50. The Morgan fingerprint density at radius 3 is 2.42 bits per heavy atom. The van der Waals surface area contributed by atoms with Crippen LogP contribution < -0.4 is 20.3 Å². The lowest BCUT2D eigenvalue weighted by atomic mass is 10.0. The summed E-state index contributed by atoms with van der Waals surface area (Å²) in [6.45, 7) is 9.15. The number of ether oxygens (including phenoxy) is 1. The average Bonchev–Trinajstić information content (AvgIpc) is 2.91. The third kappa shape index (κ3) is 6.94. The minimum atomic E-state index is -3.64. The van der Waals surface area contributed by atoms with Crippen LogP contribution in [0.1, 0.15) is 40.5 Å². The van der Waals surface area contributed by atoms with Gasteiger partial charge in [0.15, 0.2) is 20.7 Å². The molecule has 0 amide bonds. The van der Waals surface area contributed by atoms with Crippen molar-refractivity contribution in [2.45, 2.75) is 63.0 Å². The molecule has 10 nitrogen and oxygen atoms in total. The number of anilines is 5. The van der Waals surface area contributed by atoms with Gasteiger partial charge in [0, 0.05) is 37.1 Å². The molecule has 0 bridgehead atoms. The molecular formula is C28H38ClN7O3S. The third-order valence-corrected chi connectivity index (χ3v) is 9.17. The highest BCUT2D eigenvalue weighted by Crippen LogP contribution is 2.35. The smallest absolute Gasteiger partial charge is 0.229 e. The fourth-order valence-corrected chi connectivity index (χ4v) is 5.72. The lowest BCUT2D eigenvalue weighted by Crippen LogP contribution is -2.42. The van der Waals surface area contributed by atoms with Crippen LogP contribution in [-0.2, 0) is 9.84 Å². The van der Waals surface area contributed by atoms with E-state index in [0.717, 1.165) is 31.6 Å². The summed E-state index contributed by atoms with van der Waals surface area (Å²) in [7, 11) is 0.639. The Bertz CT molecular complexity index is 1430. The highest BCUT2D eigenvalue weighted by Gasteiger charge is 2.25. The summed E-state index contributed by atoms with van der Waals surface area (Å²) in [6.07, 6.45) is 5.08. The molecule has 0 spiro atoms. The lowest BCUT2D eigenvalue weighted by Gasteiger charge is -2.36. The molecule has 216 valence electrons. The Kier molecular flexibility index (Phi) is 9.37. The predicted molar refractivity (Wildman–Crippen MR) is 161 cm³/mol. The van der Waals surface area contributed by atoms with Crippen LogP contribution in [0.2, 0.25) is 5.02 Å². The number of hydrogen-bond donors (Lipinski definition) is 2. The van der Waals surface area contributed by atoms with Crippen LogP contribution in [0.15, 0.2) is 47.8 Å². The van der Waals surface area contributed by atoms with E-state index in [-0.39, 0.29) is 33.6 Å². The first-order valence-electron chi connectivity index (χ1n) is 13.4. The van der Waals surface area contributed by atoms with Crippen LogP contribution >= 0.6 is 11.6 Å². The topological polar surface area (TPSA) is 113 Å². The van der Waals surface area contributed by atoms with Crippen molar-refractivity contribution in [3.8, 4) is 5.75 Å². The minimum Gasteiger partial charge on any atom is -0.489 e. The summed E-state index contributed by atoms with van der Waals surface area (Å²) in [5, 5.41) is 5.81. The highest BCUT2D eigenvalue weighted by molar-refractivity contribution is 7.92. The summed E-state index contributed by atoms with van der Waals surface area (Å²) >= 11 is 6.40. The van der Waals surface area contributed by atoms with Crippen LogP contribution in [0.3, 0.4) is 0 Å². The molecule has 1 aliphatic heterocycles. The van der Waals surface area contributed by atoms with Gasteiger partial charge in [-0.25, -0.2) is 18.4 Å². The normalized spacial score (nSPS) is 14.7. The van der Waals surface area contributed by atoms with Crippen LogP contribution in [0.25, 0.3) is 0 Å². The maximum absolute atomic E-state index is 12.8. The Labute approximate surface area is 242 Å². The van der Waals surface area contributed by atoms with Crippen molar-refractivity contribution in [1.82, 2.24) is 19.9 Å². The molecule has 4 rings (SSSR count). The minimum absolute atomic E-state index is 0.0365. The molecule has 2 aromatic heterocycles. The van der Waals surface area contributed by atoms with Gasteiger partial charge in [-0.15, -0.1) is 0 Å². The second kappa shape index (κ2) is 12.6. The van der Waals surface area contributed by atoms with E-state index in [2.05, 4.69) is 55.5 Å². The van der Waals surface area contributed by atoms with Gasteiger partial charge in [0.05, 0.1) is 28.9 Å². The first-order valence-corrected chi connectivity index (χ1v) is 15.4. The fraction of sp³-hybridized carbons (Fsp3) is 0.464. The van der Waals surface area contributed by atoms with Gasteiger partial charge in [-0.2, -0.15) is 4.98 Å². The van der Waals surface area contributed by atoms with Crippen LogP contribution in [0.5, 0.6) is 5.75 Å². The molecule has 1 aromatic carbocycles. The maximum Gasteiger partial charge on any atom is 0.229 e. The molecule has 0 atom stereocenters. The van der Waals surface area contributed by atoms with E-state index in [4.69, 9.17) is 16.3 Å². The molecule has 1 saturated heterocycles. The zero-order valence-electron chi connectivity index (χ0n) is 23.8. The first-order chi connectivity index (χ1) is 19.0. The van der Waals surface area contributed by atoms with Gasteiger partial charge in [-0.1, -0.05) is 11.6 Å². The number of rotatable bonds is 10. The van der Waals surface area contributed by atoms with Crippen molar-refractivity contribution in [1.29, 1.82) is 0 Å². The van der Waals surface area contributed by atoms with E-state index in [1.165, 1.54) is 12.4 Å². The summed E-state index contributed by atoms with van der Waals surface area (Å²) in [4.78, 5) is 17.7. The van der Waals surface area contributed by atoms with Crippen molar-refractivity contribution in [3.05, 3.63) is 47.7 Å². The van der Waals surface area contributed by atoms with Gasteiger partial charge >= 0.3 is 0 Å².